The van der Waals surface area contributed by atoms with Crippen molar-refractivity contribution in [3.05, 3.63) is 0 Å². The molecule has 0 aromatic rings. The van der Waals surface area contributed by atoms with E-state index in [9.17, 15) is 0 Å². The fourth-order valence-electron chi connectivity index (χ4n) is 0. The summed E-state index contributed by atoms with van der Waals surface area (Å²) in [5.74, 6) is 0. The van der Waals surface area contributed by atoms with Crippen LogP contribution in [0.4, 0.5) is 0 Å². The molecule has 0 aliphatic carbocycles. The molecule has 0 unspecified atom stereocenters. The summed E-state index contributed by atoms with van der Waals surface area (Å²) in [6.07, 6.45) is 0.250. The summed E-state index contributed by atoms with van der Waals surface area (Å²) >= 11 is 0. The number of hydrogen-bond donors (Lipinski definition) is 1. The second kappa shape index (κ2) is 9.29. The SMILES string of the molecule is NC=O.[Ca]. The smallest absolute Gasteiger partial charge is 0.204 e. The van der Waals surface area contributed by atoms with Gasteiger partial charge in [-0.15, -0.1) is 0 Å². The van der Waals surface area contributed by atoms with Gasteiger partial charge in [-0.05, 0) is 0 Å². The number of carbonyl (C=O) groups is 1. The first kappa shape index (κ1) is 8.83. The zero-order valence-electron chi connectivity index (χ0n) is 2.27. The molecule has 2 N–H and O–H groups in total. The van der Waals surface area contributed by atoms with Crippen LogP contribution in [0.15, 0.2) is 0 Å². The quantitative estimate of drug-likeness (QED) is 0.289. The van der Waals surface area contributed by atoms with Crippen molar-refractivity contribution in [1.29, 1.82) is 0 Å². The van der Waals surface area contributed by atoms with Gasteiger partial charge in [0.05, 0.1) is 0 Å². The van der Waals surface area contributed by atoms with Crippen LogP contribution in [-0.2, 0) is 4.79 Å². The summed E-state index contributed by atoms with van der Waals surface area (Å²) in [5.41, 5.74) is 4.17. The van der Waals surface area contributed by atoms with Crippen molar-refractivity contribution < 1.29 is 4.79 Å². The molecular formula is CH3CaNO. The van der Waals surface area contributed by atoms with Gasteiger partial charge < -0.3 is 5.73 Å². The Kier molecular flexibility index (Phi) is 20.5. The maximum Gasteiger partial charge on any atom is 0.204 e. The minimum atomic E-state index is 0. The molecule has 0 saturated heterocycles. The van der Waals surface area contributed by atoms with Crippen LogP contribution >= 0.6 is 0 Å². The van der Waals surface area contributed by atoms with Crippen LogP contribution in [0, 0.1) is 0 Å². The molecule has 0 aromatic carbocycles. The number of rotatable bonds is 0. The molecule has 0 heterocycles. The van der Waals surface area contributed by atoms with E-state index in [4.69, 9.17) is 4.79 Å². The van der Waals surface area contributed by atoms with Gasteiger partial charge in [0.15, 0.2) is 0 Å². The molecule has 0 aliphatic heterocycles. The molecule has 0 rings (SSSR count). The predicted octanol–water partition coefficient (Wildman–Crippen LogP) is -1.28. The number of amides is 1. The normalized spacial score (nSPS) is 3.00. The Morgan fingerprint density at radius 3 is 1.75 bits per heavy atom. The molecule has 3 heteroatoms. The third kappa shape index (κ3) is 15.3. The van der Waals surface area contributed by atoms with E-state index < -0.39 is 0 Å². The van der Waals surface area contributed by atoms with Gasteiger partial charge in [-0.3, -0.25) is 4.79 Å². The number of nitrogens with two attached hydrogens (primary N) is 1. The van der Waals surface area contributed by atoms with Crippen LogP contribution < -0.4 is 5.73 Å². The van der Waals surface area contributed by atoms with Crippen molar-refractivity contribution in [2.45, 2.75) is 0 Å². The zero-order valence-corrected chi connectivity index (χ0v) is 4.48. The summed E-state index contributed by atoms with van der Waals surface area (Å²) in [6, 6.07) is 0. The third-order valence-electron chi connectivity index (χ3n) is 0. The summed E-state index contributed by atoms with van der Waals surface area (Å²) in [4.78, 5) is 8.58. The molecule has 0 saturated carbocycles. The standard InChI is InChI=1S/CH3NO.Ca/c2-1-3;/h1H,(H2,2,3);. The van der Waals surface area contributed by atoms with E-state index in [0.29, 0.717) is 0 Å². The van der Waals surface area contributed by atoms with Crippen molar-refractivity contribution in [3.8, 4) is 0 Å². The van der Waals surface area contributed by atoms with Crippen LogP contribution in [0.1, 0.15) is 0 Å². The van der Waals surface area contributed by atoms with Crippen LogP contribution in [0.5, 0.6) is 0 Å². The number of carbonyl (C=O) groups excluding carboxylic acids is 1. The van der Waals surface area contributed by atoms with E-state index in [1.54, 1.807) is 0 Å². The van der Waals surface area contributed by atoms with Crippen molar-refractivity contribution in [2.24, 2.45) is 5.73 Å². The van der Waals surface area contributed by atoms with Gasteiger partial charge in [0.1, 0.15) is 0 Å². The molecule has 1 amide bonds. The van der Waals surface area contributed by atoms with Gasteiger partial charge in [-0.1, -0.05) is 0 Å². The summed E-state index contributed by atoms with van der Waals surface area (Å²) in [5, 5.41) is 0. The third-order valence-corrected chi connectivity index (χ3v) is 0. The summed E-state index contributed by atoms with van der Waals surface area (Å²) in [7, 11) is 0. The molecule has 0 atom stereocenters. The van der Waals surface area contributed by atoms with Gasteiger partial charge >= 0.3 is 0 Å². The Morgan fingerprint density at radius 2 is 1.75 bits per heavy atom. The van der Waals surface area contributed by atoms with Crippen LogP contribution in [0.25, 0.3) is 0 Å². The Bertz CT molecular complexity index is 15.5. The van der Waals surface area contributed by atoms with Crippen LogP contribution in [-0.4, -0.2) is 44.1 Å². The van der Waals surface area contributed by atoms with E-state index in [1.165, 1.54) is 0 Å². The first-order valence-electron chi connectivity index (χ1n) is 0.569. The first-order valence-corrected chi connectivity index (χ1v) is 0.569. The van der Waals surface area contributed by atoms with Gasteiger partial charge in [-0.2, -0.15) is 0 Å². The van der Waals surface area contributed by atoms with E-state index in [2.05, 4.69) is 5.73 Å². The zero-order chi connectivity index (χ0) is 2.71. The number of primary amides is 1. The second-order valence-electron chi connectivity index (χ2n) is 0.136. The van der Waals surface area contributed by atoms with Crippen molar-refractivity contribution in [3.63, 3.8) is 0 Å². The first-order chi connectivity index (χ1) is 1.41. The molecule has 2 radical (unpaired) electrons. The van der Waals surface area contributed by atoms with E-state index in [1.807, 2.05) is 0 Å². The average Bonchev–Trinajstić information content (AvgIpc) is 0.918. The summed E-state index contributed by atoms with van der Waals surface area (Å²) in [6.45, 7) is 0. The molecule has 0 bridgehead atoms. The van der Waals surface area contributed by atoms with Gasteiger partial charge in [0.25, 0.3) is 0 Å². The molecular weight excluding hydrogens is 82.1 g/mol. The Hall–Kier alpha value is 0.730. The fourth-order valence-corrected chi connectivity index (χ4v) is 0. The van der Waals surface area contributed by atoms with Crippen molar-refractivity contribution in [1.82, 2.24) is 0 Å². The Balaban J connectivity index is 0. The largest absolute Gasteiger partial charge is 0.372 e. The van der Waals surface area contributed by atoms with Crippen molar-refractivity contribution in [2.75, 3.05) is 0 Å². The minimum Gasteiger partial charge on any atom is -0.372 e. The maximum absolute atomic E-state index is 8.58. The Morgan fingerprint density at radius 1 is 1.75 bits per heavy atom. The molecule has 2 nitrogen and oxygen atoms in total. The molecule has 0 fully saturated rings. The second-order valence-corrected chi connectivity index (χ2v) is 0.136. The Labute approximate surface area is 54.4 Å². The minimum absolute atomic E-state index is 0. The molecule has 20 valence electrons. The van der Waals surface area contributed by atoms with E-state index >= 15 is 0 Å². The van der Waals surface area contributed by atoms with Gasteiger partial charge in [0.2, 0.25) is 6.41 Å². The monoisotopic (exact) mass is 85.0 g/mol. The van der Waals surface area contributed by atoms with E-state index in [0.717, 1.165) is 0 Å². The van der Waals surface area contributed by atoms with Gasteiger partial charge in [0, 0.05) is 37.7 Å². The van der Waals surface area contributed by atoms with Crippen LogP contribution in [0.3, 0.4) is 0 Å². The number of hydrogen-bond acceptors (Lipinski definition) is 1. The molecule has 0 spiro atoms. The van der Waals surface area contributed by atoms with Crippen molar-refractivity contribution >= 4 is 44.1 Å². The molecule has 0 aromatic heterocycles. The fraction of sp³-hybridized carbons (Fsp3) is 0. The predicted molar refractivity (Wildman–Crippen MR) is 16.0 cm³/mol. The average molecular weight is 85.1 g/mol. The molecule has 4 heavy (non-hydrogen) atoms. The molecule has 0 aliphatic rings. The van der Waals surface area contributed by atoms with Gasteiger partial charge in [-0.25, -0.2) is 0 Å². The summed E-state index contributed by atoms with van der Waals surface area (Å²) < 4.78 is 0. The van der Waals surface area contributed by atoms with Crippen LogP contribution in [0.2, 0.25) is 0 Å². The maximum atomic E-state index is 8.58. The van der Waals surface area contributed by atoms with E-state index in [-0.39, 0.29) is 44.1 Å². The topological polar surface area (TPSA) is 43.1 Å².